The molecule has 0 bridgehead atoms. The lowest BCUT2D eigenvalue weighted by molar-refractivity contribution is 0.0568. The van der Waals surface area contributed by atoms with Gasteiger partial charge in [0.15, 0.2) is 23.6 Å². The van der Waals surface area contributed by atoms with Gasteiger partial charge in [-0.2, -0.15) is 0 Å². The zero-order valence-corrected chi connectivity index (χ0v) is 45.2. The topological polar surface area (TPSA) is 166 Å². The van der Waals surface area contributed by atoms with Gasteiger partial charge in [-0.05, 0) is 115 Å². The predicted octanol–water partition coefficient (Wildman–Crippen LogP) is 11.0. The van der Waals surface area contributed by atoms with Crippen LogP contribution in [0.2, 0.25) is 0 Å². The van der Waals surface area contributed by atoms with Crippen molar-refractivity contribution < 1.29 is 28.6 Å². The molecule has 66 heavy (non-hydrogen) atoms. The molecule has 0 radical (unpaired) electrons. The normalized spacial score (nSPS) is 29.4. The summed E-state index contributed by atoms with van der Waals surface area (Å²) in [6.45, 7) is 42.0. The Kier molecular flexibility index (Phi) is 31.3. The quantitative estimate of drug-likeness (QED) is 0.250. The first kappa shape index (κ1) is 60.1. The first-order valence-electron chi connectivity index (χ1n) is 24.2. The van der Waals surface area contributed by atoms with Crippen LogP contribution in [-0.4, -0.2) is 133 Å². The van der Waals surface area contributed by atoms with Crippen LogP contribution in [0.15, 0.2) is 52.0 Å². The van der Waals surface area contributed by atoms with Crippen LogP contribution in [-0.2, 0) is 28.6 Å². The smallest absolute Gasteiger partial charge is 0.180 e. The molecular formula is C50H91N9O6S. The molecule has 9 atom stereocenters. The van der Waals surface area contributed by atoms with Gasteiger partial charge in [-0.25, -0.2) is 4.99 Å². The van der Waals surface area contributed by atoms with Crippen molar-refractivity contribution in [3.63, 3.8) is 0 Å². The third kappa shape index (κ3) is 32.7. The predicted molar refractivity (Wildman–Crippen MR) is 282 cm³/mol. The summed E-state index contributed by atoms with van der Waals surface area (Å²) in [7, 11) is 0. The number of ether oxygens (including phenoxy) is 4. The first-order valence-corrected chi connectivity index (χ1v) is 25.2. The van der Waals surface area contributed by atoms with Gasteiger partial charge in [0.05, 0.1) is 54.4 Å². The van der Waals surface area contributed by atoms with E-state index in [-0.39, 0.29) is 0 Å². The minimum absolute atomic E-state index is 0.319. The number of aliphatic imine (C=N–C) groups is 6. The van der Waals surface area contributed by atoms with E-state index >= 15 is 0 Å². The Bertz CT molecular complexity index is 1520. The third-order valence-electron chi connectivity index (χ3n) is 10.1. The Balaban J connectivity index is 0.000000371. The molecule has 15 nitrogen and oxygen atoms in total. The Morgan fingerprint density at radius 2 is 1.17 bits per heavy atom. The molecule has 9 aliphatic rings. The van der Waals surface area contributed by atoms with Gasteiger partial charge in [0.1, 0.15) is 24.9 Å². The summed E-state index contributed by atoms with van der Waals surface area (Å²) in [5.41, 5.74) is 4.87. The molecule has 378 valence electrons. The Labute approximate surface area is 404 Å². The van der Waals surface area contributed by atoms with Crippen molar-refractivity contribution in [2.45, 2.75) is 206 Å². The lowest BCUT2D eigenvalue weighted by Gasteiger charge is -2.15. The summed E-state index contributed by atoms with van der Waals surface area (Å²) in [5, 5.41) is 12.1. The number of nitrogens with one attached hydrogen (secondary N) is 1. The highest BCUT2D eigenvalue weighted by Gasteiger charge is 2.13. The number of hydrogen-bond acceptors (Lipinski definition) is 16. The van der Waals surface area contributed by atoms with Crippen LogP contribution in [0.25, 0.3) is 0 Å². The summed E-state index contributed by atoms with van der Waals surface area (Å²) in [5.74, 6) is 5.94. The second kappa shape index (κ2) is 34.4. The molecule has 0 aromatic rings. The van der Waals surface area contributed by atoms with Crippen molar-refractivity contribution in [2.24, 2.45) is 52.1 Å². The van der Waals surface area contributed by atoms with Crippen LogP contribution in [0.5, 0.6) is 0 Å². The van der Waals surface area contributed by atoms with E-state index in [4.69, 9.17) is 28.6 Å². The zero-order valence-electron chi connectivity index (χ0n) is 44.4. The van der Waals surface area contributed by atoms with Gasteiger partial charge in [0.2, 0.25) is 0 Å². The number of nitrogens with zero attached hydrogens (tertiary/aromatic N) is 8. The van der Waals surface area contributed by atoms with Crippen LogP contribution in [0.4, 0.5) is 0 Å². The Morgan fingerprint density at radius 3 is 1.39 bits per heavy atom. The minimum Gasteiger partial charge on any atom is -0.481 e. The highest BCUT2D eigenvalue weighted by atomic mass is 32.2. The molecule has 0 fully saturated rings. The fourth-order valence-electron chi connectivity index (χ4n) is 6.48. The molecule has 16 heteroatoms. The molecule has 0 aromatic carbocycles. The van der Waals surface area contributed by atoms with Crippen molar-refractivity contribution in [2.75, 3.05) is 45.2 Å². The van der Waals surface area contributed by atoms with E-state index in [1.54, 1.807) is 0 Å². The number of allylic oxidation sites excluding steroid dienone is 1. The molecule has 0 saturated heterocycles. The van der Waals surface area contributed by atoms with Crippen molar-refractivity contribution in [3.8, 4) is 0 Å². The molecule has 9 unspecified atom stereocenters. The van der Waals surface area contributed by atoms with E-state index < -0.39 is 0 Å². The van der Waals surface area contributed by atoms with Crippen molar-refractivity contribution in [1.82, 2.24) is 5.32 Å². The fourth-order valence-corrected chi connectivity index (χ4v) is 7.29. The average molecular weight is 946 g/mol. The Hall–Kier alpha value is -3.95. The molecule has 0 aliphatic carbocycles. The van der Waals surface area contributed by atoms with Gasteiger partial charge in [-0.1, -0.05) is 30.2 Å². The van der Waals surface area contributed by atoms with E-state index in [0.717, 1.165) is 106 Å². The van der Waals surface area contributed by atoms with E-state index in [1.807, 2.05) is 81.0 Å². The molecule has 1 N–H and O–H groups in total. The molecule has 0 aromatic heterocycles. The SMILES string of the molecule is CC1=CCC(C)N1.CC1=NC(C)CCO1.CC1=NC(C)CO1.CC1=NC(C)CS1.CC1=NCC(C)C1.CC1=NCC(C)CO1.CC1=NCC(C)O1.CC1=NOC(C)C1.CC1=NOC(C)CC1. The number of hydrogen-bond donors (Lipinski definition) is 1. The summed E-state index contributed by atoms with van der Waals surface area (Å²) in [6.07, 6.45) is 9.91. The molecule has 9 aliphatic heterocycles. The second-order valence-corrected chi connectivity index (χ2v) is 19.8. The van der Waals surface area contributed by atoms with Crippen molar-refractivity contribution in [1.29, 1.82) is 0 Å². The molecule has 0 saturated carbocycles. The van der Waals surface area contributed by atoms with E-state index in [2.05, 4.69) is 107 Å². The number of oxime groups is 2. The van der Waals surface area contributed by atoms with Crippen LogP contribution in [0, 0.1) is 11.8 Å². The molecule has 0 spiro atoms. The maximum atomic E-state index is 5.14. The summed E-state index contributed by atoms with van der Waals surface area (Å²) in [4.78, 5) is 34.7. The lowest BCUT2D eigenvalue weighted by Crippen LogP contribution is -2.18. The highest BCUT2D eigenvalue weighted by molar-refractivity contribution is 8.14. The Morgan fingerprint density at radius 1 is 0.545 bits per heavy atom. The van der Waals surface area contributed by atoms with Crippen molar-refractivity contribution in [3.05, 3.63) is 11.8 Å². The van der Waals surface area contributed by atoms with Gasteiger partial charge in [-0.15, -0.1) is 11.8 Å². The van der Waals surface area contributed by atoms with Gasteiger partial charge in [0.25, 0.3) is 0 Å². The maximum Gasteiger partial charge on any atom is 0.180 e. The first-order chi connectivity index (χ1) is 31.1. The minimum atomic E-state index is 0.319. The highest BCUT2D eigenvalue weighted by Crippen LogP contribution is 2.16. The monoisotopic (exact) mass is 946 g/mol. The van der Waals surface area contributed by atoms with Crippen LogP contribution >= 0.6 is 11.8 Å². The second-order valence-electron chi connectivity index (χ2n) is 18.6. The van der Waals surface area contributed by atoms with E-state index in [0.29, 0.717) is 48.4 Å². The number of rotatable bonds is 0. The summed E-state index contributed by atoms with van der Waals surface area (Å²) < 4.78 is 20.4. The summed E-state index contributed by atoms with van der Waals surface area (Å²) in [6, 6.07) is 2.12. The van der Waals surface area contributed by atoms with Gasteiger partial charge in [-0.3, -0.25) is 25.0 Å². The van der Waals surface area contributed by atoms with E-state index in [1.165, 1.54) is 35.0 Å². The standard InChI is InChI=1S/3C6H11NO.2C6H11N.3C5H9NO.C5H9NS/c1-5-3-7-6(2)8-4-5;1-5-3-4-8-6(2)7-5;1-5-3-4-6(2)8-7-5;1-5-3-6(2)7-4-5;1-5-3-4-6(2)7-5;1-4-3-7-5(2)6-4;1-4-3-6-5(2)7-4;1-4-3-5(2)7-6-4;1-4-3-7-5(2)6-4/h2*5H,3-4H2,1-2H3;6H,3-4H2,1-2H3;5H,3-4H2,1-2H3;3,6-7H,4H2,1-2H3;2*4H,3H2,1-2H3;5H,3H2,1-2H3;4H,3H2,1-2H3. The molecule has 9 heterocycles. The maximum absolute atomic E-state index is 5.14. The fraction of sp³-hybridized carbons (Fsp3) is 0.800. The van der Waals surface area contributed by atoms with Crippen LogP contribution in [0.3, 0.4) is 0 Å². The van der Waals surface area contributed by atoms with Crippen molar-refractivity contribution >= 4 is 57.5 Å². The van der Waals surface area contributed by atoms with E-state index in [9.17, 15) is 0 Å². The van der Waals surface area contributed by atoms with Crippen LogP contribution in [0.1, 0.15) is 163 Å². The molecule has 0 amide bonds. The van der Waals surface area contributed by atoms with Gasteiger partial charge < -0.3 is 33.9 Å². The summed E-state index contributed by atoms with van der Waals surface area (Å²) >= 11 is 1.86. The van der Waals surface area contributed by atoms with Gasteiger partial charge in [0, 0.05) is 82.7 Å². The lowest BCUT2D eigenvalue weighted by atomic mass is 10.1. The average Bonchev–Trinajstić information content (AvgIpc) is 4.14. The third-order valence-corrected chi connectivity index (χ3v) is 11.3. The molecular weight excluding hydrogens is 855 g/mol. The van der Waals surface area contributed by atoms with Gasteiger partial charge >= 0.3 is 0 Å². The largest absolute Gasteiger partial charge is 0.481 e. The number of thioether (sulfide) groups is 1. The van der Waals surface area contributed by atoms with Crippen LogP contribution < -0.4 is 5.32 Å². The molecule has 9 rings (SSSR count). The zero-order chi connectivity index (χ0) is 49.6.